The van der Waals surface area contributed by atoms with E-state index in [0.29, 0.717) is 0 Å². The topological polar surface area (TPSA) is 58.4 Å². The van der Waals surface area contributed by atoms with Gasteiger partial charge in [-0.05, 0) is 38.4 Å². The molecule has 18 heavy (non-hydrogen) atoms. The number of hydrogen-bond acceptors (Lipinski definition) is 4. The first-order valence-corrected chi connectivity index (χ1v) is 6.34. The highest BCUT2D eigenvalue weighted by Gasteiger charge is 2.19. The number of piperidine rings is 1. The lowest BCUT2D eigenvalue weighted by Gasteiger charge is -2.33. The molecule has 1 aliphatic heterocycles. The first-order chi connectivity index (χ1) is 8.70. The second-order valence-corrected chi connectivity index (χ2v) is 4.77. The molecule has 1 heterocycles. The molecule has 1 aromatic carbocycles. The number of nitrogens with zero attached hydrogens (tertiary/aromatic N) is 2. The fraction of sp³-hybridized carbons (Fsp3) is 0.538. The molecule has 0 aliphatic carbocycles. The maximum absolute atomic E-state index is 10.8. The zero-order valence-corrected chi connectivity index (χ0v) is 10.6. The van der Waals surface area contributed by atoms with Crippen LogP contribution < -0.4 is 10.2 Å². The van der Waals surface area contributed by atoms with Crippen molar-refractivity contribution in [1.29, 1.82) is 0 Å². The third kappa shape index (κ3) is 2.98. The quantitative estimate of drug-likeness (QED) is 0.655. The van der Waals surface area contributed by atoms with Crippen LogP contribution >= 0.6 is 0 Å². The summed E-state index contributed by atoms with van der Waals surface area (Å²) in [5.41, 5.74) is 1.14. The Morgan fingerprint density at radius 2 is 2.17 bits per heavy atom. The Morgan fingerprint density at radius 1 is 1.44 bits per heavy atom. The highest BCUT2D eigenvalue weighted by atomic mass is 16.6. The minimum atomic E-state index is -0.336. The van der Waals surface area contributed by atoms with Gasteiger partial charge in [-0.1, -0.05) is 6.07 Å². The number of benzene rings is 1. The van der Waals surface area contributed by atoms with E-state index in [2.05, 4.69) is 10.2 Å². The molecule has 1 N–H and O–H groups in total. The van der Waals surface area contributed by atoms with E-state index in [9.17, 15) is 10.1 Å². The normalized spacial score (nSPS) is 16.8. The Balaban J connectivity index is 2.01. The standard InChI is InChI=1S/C13H19N3O2/c1-14-10-11-5-7-15(8-6-11)12-3-2-4-13(9-12)16(17)18/h2-4,9,11,14H,5-8,10H2,1H3. The number of nitrogens with one attached hydrogen (secondary N) is 1. The number of rotatable bonds is 4. The largest absolute Gasteiger partial charge is 0.371 e. The molecule has 98 valence electrons. The monoisotopic (exact) mass is 249 g/mol. The second kappa shape index (κ2) is 5.82. The van der Waals surface area contributed by atoms with Crippen molar-refractivity contribution in [2.45, 2.75) is 12.8 Å². The van der Waals surface area contributed by atoms with Crippen LogP contribution in [0.3, 0.4) is 0 Å². The zero-order valence-electron chi connectivity index (χ0n) is 10.6. The molecular weight excluding hydrogens is 230 g/mol. The van der Waals surface area contributed by atoms with Crippen molar-refractivity contribution in [3.05, 3.63) is 34.4 Å². The summed E-state index contributed by atoms with van der Waals surface area (Å²) < 4.78 is 0. The smallest absolute Gasteiger partial charge is 0.271 e. The summed E-state index contributed by atoms with van der Waals surface area (Å²) in [6.07, 6.45) is 2.28. The van der Waals surface area contributed by atoms with Crippen LogP contribution in [0.1, 0.15) is 12.8 Å². The molecule has 0 unspecified atom stereocenters. The molecular formula is C13H19N3O2. The Kier molecular flexibility index (Phi) is 4.15. The van der Waals surface area contributed by atoms with Gasteiger partial charge in [0.25, 0.3) is 5.69 Å². The molecule has 0 spiro atoms. The Hall–Kier alpha value is -1.62. The van der Waals surface area contributed by atoms with Crippen molar-refractivity contribution >= 4 is 11.4 Å². The van der Waals surface area contributed by atoms with Crippen molar-refractivity contribution in [3.63, 3.8) is 0 Å². The van der Waals surface area contributed by atoms with Crippen LogP contribution in [-0.4, -0.2) is 31.6 Å². The first-order valence-electron chi connectivity index (χ1n) is 6.34. The van der Waals surface area contributed by atoms with Crippen LogP contribution in [0.15, 0.2) is 24.3 Å². The van der Waals surface area contributed by atoms with Crippen LogP contribution in [0.2, 0.25) is 0 Å². The summed E-state index contributed by atoms with van der Waals surface area (Å²) in [6.45, 7) is 3.02. The van der Waals surface area contributed by atoms with Gasteiger partial charge in [-0.3, -0.25) is 10.1 Å². The predicted molar refractivity (Wildman–Crippen MR) is 72.0 cm³/mol. The molecule has 0 bridgehead atoms. The van der Waals surface area contributed by atoms with Gasteiger partial charge in [0.1, 0.15) is 0 Å². The summed E-state index contributed by atoms with van der Waals surface area (Å²) in [6, 6.07) is 6.91. The van der Waals surface area contributed by atoms with Crippen molar-refractivity contribution in [2.24, 2.45) is 5.92 Å². The molecule has 0 radical (unpaired) electrons. The molecule has 1 aromatic rings. The first kappa shape index (κ1) is 12.8. The summed E-state index contributed by atoms with van der Waals surface area (Å²) in [5.74, 6) is 0.727. The second-order valence-electron chi connectivity index (χ2n) is 4.77. The Bertz CT molecular complexity index is 414. The number of non-ortho nitro benzene ring substituents is 1. The third-order valence-corrected chi connectivity index (χ3v) is 3.51. The molecule has 1 saturated heterocycles. The van der Waals surface area contributed by atoms with E-state index >= 15 is 0 Å². The minimum absolute atomic E-state index is 0.171. The van der Waals surface area contributed by atoms with Crippen molar-refractivity contribution in [3.8, 4) is 0 Å². The van der Waals surface area contributed by atoms with Gasteiger partial charge in [-0.25, -0.2) is 0 Å². The van der Waals surface area contributed by atoms with Gasteiger partial charge in [0.15, 0.2) is 0 Å². The highest BCUT2D eigenvalue weighted by molar-refractivity contribution is 5.53. The van der Waals surface area contributed by atoms with E-state index in [1.54, 1.807) is 12.1 Å². The lowest BCUT2D eigenvalue weighted by Crippen LogP contribution is -2.36. The van der Waals surface area contributed by atoms with Gasteiger partial charge in [0.05, 0.1) is 4.92 Å². The van der Waals surface area contributed by atoms with Gasteiger partial charge in [0, 0.05) is 30.9 Å². The molecule has 2 rings (SSSR count). The number of anilines is 1. The van der Waals surface area contributed by atoms with Gasteiger partial charge in [-0.2, -0.15) is 0 Å². The van der Waals surface area contributed by atoms with Crippen molar-refractivity contribution in [1.82, 2.24) is 5.32 Å². The van der Waals surface area contributed by atoms with Crippen LogP contribution in [0.25, 0.3) is 0 Å². The average Bonchev–Trinajstić information content (AvgIpc) is 2.40. The van der Waals surface area contributed by atoms with E-state index in [-0.39, 0.29) is 10.6 Å². The van der Waals surface area contributed by atoms with Crippen LogP contribution in [0, 0.1) is 16.0 Å². The maximum atomic E-state index is 10.8. The van der Waals surface area contributed by atoms with Crippen LogP contribution in [0.4, 0.5) is 11.4 Å². The third-order valence-electron chi connectivity index (χ3n) is 3.51. The van der Waals surface area contributed by atoms with Crippen molar-refractivity contribution < 1.29 is 4.92 Å². The molecule has 0 atom stereocenters. The Morgan fingerprint density at radius 3 is 2.78 bits per heavy atom. The number of nitro benzene ring substituents is 1. The zero-order chi connectivity index (χ0) is 13.0. The lowest BCUT2D eigenvalue weighted by atomic mass is 9.96. The predicted octanol–water partition coefficient (Wildman–Crippen LogP) is 2.03. The maximum Gasteiger partial charge on any atom is 0.271 e. The van der Waals surface area contributed by atoms with E-state index in [4.69, 9.17) is 0 Å². The van der Waals surface area contributed by atoms with Crippen LogP contribution in [-0.2, 0) is 0 Å². The molecule has 0 saturated carbocycles. The minimum Gasteiger partial charge on any atom is -0.371 e. The van der Waals surface area contributed by atoms with Crippen molar-refractivity contribution in [2.75, 3.05) is 31.6 Å². The Labute approximate surface area is 107 Å². The molecule has 5 heteroatoms. The lowest BCUT2D eigenvalue weighted by molar-refractivity contribution is -0.384. The fourth-order valence-corrected chi connectivity index (χ4v) is 2.49. The van der Waals surface area contributed by atoms with E-state index < -0.39 is 0 Å². The average molecular weight is 249 g/mol. The molecule has 1 aliphatic rings. The molecule has 0 aromatic heterocycles. The van der Waals surface area contributed by atoms with E-state index in [1.165, 1.54) is 6.07 Å². The highest BCUT2D eigenvalue weighted by Crippen LogP contribution is 2.25. The van der Waals surface area contributed by atoms with E-state index in [0.717, 1.165) is 44.1 Å². The molecule has 1 fully saturated rings. The summed E-state index contributed by atoms with van der Waals surface area (Å²) in [7, 11) is 1.98. The summed E-state index contributed by atoms with van der Waals surface area (Å²) in [4.78, 5) is 12.7. The van der Waals surface area contributed by atoms with E-state index in [1.807, 2.05) is 13.1 Å². The van der Waals surface area contributed by atoms with Gasteiger partial charge < -0.3 is 10.2 Å². The molecule has 5 nitrogen and oxygen atoms in total. The van der Waals surface area contributed by atoms with Gasteiger partial charge in [-0.15, -0.1) is 0 Å². The number of hydrogen-bond donors (Lipinski definition) is 1. The SMILES string of the molecule is CNCC1CCN(c2cccc([N+](=O)[O-])c2)CC1. The fourth-order valence-electron chi connectivity index (χ4n) is 2.49. The summed E-state index contributed by atoms with van der Waals surface area (Å²) >= 11 is 0. The van der Waals surface area contributed by atoms with Gasteiger partial charge >= 0.3 is 0 Å². The number of nitro groups is 1. The molecule has 0 amide bonds. The van der Waals surface area contributed by atoms with Crippen LogP contribution in [0.5, 0.6) is 0 Å². The summed E-state index contributed by atoms with van der Waals surface area (Å²) in [5, 5.41) is 14.0. The van der Waals surface area contributed by atoms with Gasteiger partial charge in [0.2, 0.25) is 0 Å².